The lowest BCUT2D eigenvalue weighted by Gasteiger charge is -2.11. The number of hydrogen-bond donors (Lipinski definition) is 0. The summed E-state index contributed by atoms with van der Waals surface area (Å²) in [5.41, 5.74) is 8.45. The number of aromatic nitrogens is 4. The zero-order valence-electron chi connectivity index (χ0n) is 18.0. The molecule has 0 aliphatic carbocycles. The van der Waals surface area contributed by atoms with Crippen LogP contribution in [0.15, 0.2) is 24.3 Å². The number of aryl methyl sites for hydroxylation is 6. The number of nitrogens with zero attached hydrogens (tertiary/aromatic N) is 4. The maximum absolute atomic E-state index is 5.88. The van der Waals surface area contributed by atoms with Gasteiger partial charge in [-0.25, -0.2) is 0 Å². The molecule has 0 atom stereocenters. The van der Waals surface area contributed by atoms with E-state index in [1.807, 2.05) is 65.8 Å². The molecule has 0 fully saturated rings. The first-order valence-electron chi connectivity index (χ1n) is 9.74. The van der Waals surface area contributed by atoms with Crippen molar-refractivity contribution in [3.63, 3.8) is 0 Å². The standard InChI is InChI=1S/C23H28N4O2/c1-14-16(3)26-22(18(5)24-14)12-28-11-20-7-9-21(10-8-20)29-13-23-19(6)25-15(2)17(4)27-23/h7-10H,11-13H2,1-6H3. The summed E-state index contributed by atoms with van der Waals surface area (Å²) in [6, 6.07) is 7.91. The molecule has 29 heavy (non-hydrogen) atoms. The highest BCUT2D eigenvalue weighted by Gasteiger charge is 2.08. The summed E-state index contributed by atoms with van der Waals surface area (Å²) in [6.45, 7) is 13.2. The van der Waals surface area contributed by atoms with Gasteiger partial charge in [0, 0.05) is 0 Å². The Morgan fingerprint density at radius 2 is 1.03 bits per heavy atom. The van der Waals surface area contributed by atoms with Gasteiger partial charge in [0.25, 0.3) is 0 Å². The van der Waals surface area contributed by atoms with Gasteiger partial charge >= 0.3 is 0 Å². The van der Waals surface area contributed by atoms with Crippen LogP contribution >= 0.6 is 0 Å². The Bertz CT molecular complexity index is 1000. The van der Waals surface area contributed by atoms with E-state index >= 15 is 0 Å². The van der Waals surface area contributed by atoms with Crippen molar-refractivity contribution < 1.29 is 9.47 Å². The fraction of sp³-hybridized carbons (Fsp3) is 0.391. The predicted octanol–water partition coefficient (Wildman–Crippen LogP) is 4.41. The second kappa shape index (κ2) is 9.09. The van der Waals surface area contributed by atoms with Gasteiger partial charge in [-0.05, 0) is 59.2 Å². The van der Waals surface area contributed by atoms with Crippen molar-refractivity contribution in [2.45, 2.75) is 61.4 Å². The highest BCUT2D eigenvalue weighted by atomic mass is 16.5. The second-order valence-electron chi connectivity index (χ2n) is 7.28. The van der Waals surface area contributed by atoms with Crippen LogP contribution in [0, 0.1) is 41.5 Å². The molecular weight excluding hydrogens is 364 g/mol. The minimum atomic E-state index is 0.403. The summed E-state index contributed by atoms with van der Waals surface area (Å²) in [5.74, 6) is 0.795. The first kappa shape index (κ1) is 20.9. The molecule has 0 spiro atoms. The smallest absolute Gasteiger partial charge is 0.132 e. The van der Waals surface area contributed by atoms with Gasteiger partial charge in [0.2, 0.25) is 0 Å². The molecule has 0 saturated heterocycles. The van der Waals surface area contributed by atoms with Gasteiger partial charge in [-0.2, -0.15) is 0 Å². The molecule has 2 heterocycles. The molecule has 0 bridgehead atoms. The van der Waals surface area contributed by atoms with Crippen molar-refractivity contribution in [1.82, 2.24) is 19.9 Å². The first-order chi connectivity index (χ1) is 13.8. The van der Waals surface area contributed by atoms with E-state index in [0.717, 1.165) is 56.9 Å². The highest BCUT2D eigenvalue weighted by Crippen LogP contribution is 2.16. The van der Waals surface area contributed by atoms with Crippen molar-refractivity contribution in [3.05, 3.63) is 75.4 Å². The van der Waals surface area contributed by atoms with Crippen molar-refractivity contribution in [3.8, 4) is 5.75 Å². The molecule has 152 valence electrons. The molecule has 3 aromatic rings. The van der Waals surface area contributed by atoms with Crippen LogP contribution in [-0.2, 0) is 24.6 Å². The maximum atomic E-state index is 5.88. The molecule has 0 aliphatic rings. The molecule has 0 saturated carbocycles. The fourth-order valence-corrected chi connectivity index (χ4v) is 2.90. The molecule has 0 N–H and O–H groups in total. The van der Waals surface area contributed by atoms with E-state index in [4.69, 9.17) is 9.47 Å². The van der Waals surface area contributed by atoms with Crippen molar-refractivity contribution in [1.29, 1.82) is 0 Å². The Balaban J connectivity index is 1.53. The van der Waals surface area contributed by atoms with Crippen LogP contribution < -0.4 is 4.74 Å². The summed E-state index contributed by atoms with van der Waals surface area (Å²) in [6.07, 6.45) is 0. The second-order valence-corrected chi connectivity index (χ2v) is 7.28. The van der Waals surface area contributed by atoms with Crippen LogP contribution in [0.25, 0.3) is 0 Å². The van der Waals surface area contributed by atoms with Gasteiger partial charge < -0.3 is 9.47 Å². The molecule has 0 radical (unpaired) electrons. The summed E-state index contributed by atoms with van der Waals surface area (Å²) in [4.78, 5) is 18.2. The number of hydrogen-bond acceptors (Lipinski definition) is 6. The van der Waals surface area contributed by atoms with Crippen molar-refractivity contribution >= 4 is 0 Å². The average Bonchev–Trinajstić information content (AvgIpc) is 2.68. The fourth-order valence-electron chi connectivity index (χ4n) is 2.90. The summed E-state index contributed by atoms with van der Waals surface area (Å²) in [7, 11) is 0. The van der Waals surface area contributed by atoms with Crippen molar-refractivity contribution in [2.24, 2.45) is 0 Å². The third kappa shape index (κ3) is 5.35. The van der Waals surface area contributed by atoms with Crippen LogP contribution in [0.1, 0.15) is 51.1 Å². The van der Waals surface area contributed by atoms with Gasteiger partial charge in [-0.1, -0.05) is 12.1 Å². The van der Waals surface area contributed by atoms with Gasteiger partial charge in [0.1, 0.15) is 12.4 Å². The molecular formula is C23H28N4O2. The third-order valence-electron chi connectivity index (χ3n) is 4.97. The highest BCUT2D eigenvalue weighted by molar-refractivity contribution is 5.27. The Kier molecular flexibility index (Phi) is 6.54. The van der Waals surface area contributed by atoms with Crippen molar-refractivity contribution in [2.75, 3.05) is 0 Å². The molecule has 0 amide bonds. The zero-order chi connectivity index (χ0) is 21.0. The van der Waals surface area contributed by atoms with E-state index in [9.17, 15) is 0 Å². The van der Waals surface area contributed by atoms with Crippen LogP contribution in [0.5, 0.6) is 5.75 Å². The van der Waals surface area contributed by atoms with Gasteiger partial charge in [0.15, 0.2) is 0 Å². The van der Waals surface area contributed by atoms with Crippen LogP contribution in [0.3, 0.4) is 0 Å². The molecule has 0 aliphatic heterocycles. The average molecular weight is 393 g/mol. The zero-order valence-corrected chi connectivity index (χ0v) is 18.0. The third-order valence-corrected chi connectivity index (χ3v) is 4.97. The molecule has 0 unspecified atom stereocenters. The largest absolute Gasteiger partial charge is 0.487 e. The lowest BCUT2D eigenvalue weighted by atomic mass is 10.2. The van der Waals surface area contributed by atoms with E-state index in [1.165, 1.54) is 0 Å². The molecule has 1 aromatic carbocycles. The monoisotopic (exact) mass is 392 g/mol. The van der Waals surface area contributed by atoms with Gasteiger partial charge in [-0.3, -0.25) is 19.9 Å². The van der Waals surface area contributed by atoms with Crippen LogP contribution in [0.4, 0.5) is 0 Å². The molecule has 2 aromatic heterocycles. The maximum Gasteiger partial charge on any atom is 0.132 e. The number of benzene rings is 1. The van der Waals surface area contributed by atoms with E-state index in [1.54, 1.807) is 0 Å². The van der Waals surface area contributed by atoms with E-state index in [2.05, 4.69) is 19.9 Å². The lowest BCUT2D eigenvalue weighted by Crippen LogP contribution is -2.06. The number of rotatable bonds is 7. The summed E-state index contributed by atoms with van der Waals surface area (Å²) in [5, 5.41) is 0. The van der Waals surface area contributed by atoms with Gasteiger partial charge in [0.05, 0.1) is 58.8 Å². The van der Waals surface area contributed by atoms with E-state index in [-0.39, 0.29) is 0 Å². The molecule has 6 nitrogen and oxygen atoms in total. The SMILES string of the molecule is Cc1nc(C)c(COCc2ccc(OCc3nc(C)c(C)nc3C)cc2)nc1C. The Hall–Kier alpha value is -2.86. The predicted molar refractivity (Wildman–Crippen MR) is 112 cm³/mol. The summed E-state index contributed by atoms with van der Waals surface area (Å²) >= 11 is 0. The molecule has 6 heteroatoms. The first-order valence-corrected chi connectivity index (χ1v) is 9.74. The quantitative estimate of drug-likeness (QED) is 0.593. The summed E-state index contributed by atoms with van der Waals surface area (Å²) < 4.78 is 11.7. The van der Waals surface area contributed by atoms with Crippen LogP contribution in [0.2, 0.25) is 0 Å². The Morgan fingerprint density at radius 3 is 1.59 bits per heavy atom. The lowest BCUT2D eigenvalue weighted by molar-refractivity contribution is 0.104. The number of ether oxygens (including phenoxy) is 2. The Labute approximate surface area is 172 Å². The minimum Gasteiger partial charge on any atom is -0.487 e. The normalized spacial score (nSPS) is 11.0. The van der Waals surface area contributed by atoms with E-state index < -0.39 is 0 Å². The molecule has 3 rings (SSSR count). The Morgan fingerprint density at radius 1 is 0.552 bits per heavy atom. The minimum absolute atomic E-state index is 0.403. The van der Waals surface area contributed by atoms with Gasteiger partial charge in [-0.15, -0.1) is 0 Å². The van der Waals surface area contributed by atoms with E-state index in [0.29, 0.717) is 19.8 Å². The topological polar surface area (TPSA) is 70.0 Å². The van der Waals surface area contributed by atoms with Crippen LogP contribution in [-0.4, -0.2) is 19.9 Å².